The molecule has 0 heterocycles. The number of phenolic OH excluding ortho intramolecular Hbond substituents is 1. The van der Waals surface area contributed by atoms with E-state index in [1.807, 2.05) is 6.07 Å². The fraction of sp³-hybridized carbons (Fsp3) is 0.133. The fourth-order valence-corrected chi connectivity index (χ4v) is 3.05. The van der Waals surface area contributed by atoms with Crippen LogP contribution in [0.1, 0.15) is 11.1 Å². The van der Waals surface area contributed by atoms with Crippen LogP contribution in [-0.2, 0) is 16.4 Å². The summed E-state index contributed by atoms with van der Waals surface area (Å²) in [5.74, 6) is 0.169. The van der Waals surface area contributed by atoms with Crippen LogP contribution in [0.3, 0.4) is 0 Å². The number of nitrogens with zero attached hydrogens (tertiary/aromatic N) is 1. The minimum absolute atomic E-state index is 0.0155. The van der Waals surface area contributed by atoms with E-state index in [-0.39, 0.29) is 22.8 Å². The maximum atomic E-state index is 12.2. The first-order valence-corrected chi connectivity index (χ1v) is 7.78. The summed E-state index contributed by atoms with van der Waals surface area (Å²) in [6, 6.07) is 14.5. The number of sulfonamides is 1. The highest BCUT2D eigenvalue weighted by Crippen LogP contribution is 2.14. The molecule has 0 aliphatic rings. The molecule has 2 N–H and O–H groups in total. The van der Waals surface area contributed by atoms with Crippen LogP contribution in [0.2, 0.25) is 0 Å². The van der Waals surface area contributed by atoms with Crippen LogP contribution < -0.4 is 4.72 Å². The van der Waals surface area contributed by atoms with Gasteiger partial charge in [0.15, 0.2) is 0 Å². The van der Waals surface area contributed by atoms with Gasteiger partial charge in [-0.15, -0.1) is 0 Å². The summed E-state index contributed by atoms with van der Waals surface area (Å²) in [6.45, 7) is 0.215. The molecule has 0 saturated carbocycles. The summed E-state index contributed by atoms with van der Waals surface area (Å²) in [5, 5.41) is 18.1. The number of phenols is 1. The molecule has 0 aliphatic heterocycles. The van der Waals surface area contributed by atoms with Gasteiger partial charge in [0.05, 0.1) is 10.5 Å². The number of hydrogen-bond acceptors (Lipinski definition) is 4. The van der Waals surface area contributed by atoms with Gasteiger partial charge >= 0.3 is 0 Å². The molecule has 6 heteroatoms. The highest BCUT2D eigenvalue weighted by atomic mass is 32.2. The van der Waals surface area contributed by atoms with Crippen molar-refractivity contribution in [1.82, 2.24) is 4.72 Å². The quantitative estimate of drug-likeness (QED) is 0.881. The predicted octanol–water partition coefficient (Wildman–Crippen LogP) is 1.78. The molecule has 5 nitrogen and oxygen atoms in total. The zero-order valence-electron chi connectivity index (χ0n) is 11.2. The Bertz CT molecular complexity index is 762. The van der Waals surface area contributed by atoms with Crippen LogP contribution in [-0.4, -0.2) is 20.1 Å². The van der Waals surface area contributed by atoms with Crippen molar-refractivity contribution >= 4 is 10.0 Å². The molecule has 2 rings (SSSR count). The summed E-state index contributed by atoms with van der Waals surface area (Å²) < 4.78 is 26.8. The molecule has 0 aromatic heterocycles. The van der Waals surface area contributed by atoms with Gasteiger partial charge in [-0.2, -0.15) is 5.26 Å². The zero-order valence-corrected chi connectivity index (χ0v) is 12.0. The SMILES string of the molecule is N#Cc1ccccc1S(=O)(=O)NCCc1ccc(O)cc1. The van der Waals surface area contributed by atoms with Crippen molar-refractivity contribution in [3.63, 3.8) is 0 Å². The molecule has 0 atom stereocenters. The van der Waals surface area contributed by atoms with Crippen LogP contribution in [0.4, 0.5) is 0 Å². The Morgan fingerprint density at radius 1 is 1.10 bits per heavy atom. The Morgan fingerprint density at radius 2 is 1.76 bits per heavy atom. The largest absolute Gasteiger partial charge is 0.508 e. The molecule has 0 amide bonds. The average molecular weight is 302 g/mol. The Balaban J connectivity index is 2.05. The summed E-state index contributed by atoms with van der Waals surface area (Å²) in [4.78, 5) is -0.0155. The summed E-state index contributed by atoms with van der Waals surface area (Å²) >= 11 is 0. The monoisotopic (exact) mass is 302 g/mol. The molecule has 0 radical (unpaired) electrons. The number of rotatable bonds is 5. The van der Waals surface area contributed by atoms with Gasteiger partial charge in [-0.05, 0) is 36.2 Å². The third-order valence-electron chi connectivity index (χ3n) is 2.94. The molecule has 0 fully saturated rings. The van der Waals surface area contributed by atoms with Crippen LogP contribution in [0.5, 0.6) is 5.75 Å². The maximum absolute atomic E-state index is 12.2. The number of benzene rings is 2. The minimum atomic E-state index is -3.70. The lowest BCUT2D eigenvalue weighted by atomic mass is 10.1. The van der Waals surface area contributed by atoms with Crippen LogP contribution in [0.25, 0.3) is 0 Å². The van der Waals surface area contributed by atoms with E-state index in [0.717, 1.165) is 5.56 Å². The lowest BCUT2D eigenvalue weighted by Crippen LogP contribution is -2.26. The van der Waals surface area contributed by atoms with Gasteiger partial charge in [0.2, 0.25) is 10.0 Å². The Labute approximate surface area is 123 Å². The molecular weight excluding hydrogens is 288 g/mol. The molecule has 0 aliphatic carbocycles. The van der Waals surface area contributed by atoms with E-state index in [1.54, 1.807) is 36.4 Å². The standard InChI is InChI=1S/C15H14N2O3S/c16-11-13-3-1-2-4-15(13)21(19,20)17-10-9-12-5-7-14(18)8-6-12/h1-8,17-18H,9-10H2. The van der Waals surface area contributed by atoms with Crippen molar-refractivity contribution in [1.29, 1.82) is 5.26 Å². The van der Waals surface area contributed by atoms with E-state index in [2.05, 4.69) is 4.72 Å². The van der Waals surface area contributed by atoms with Gasteiger partial charge in [-0.25, -0.2) is 13.1 Å². The molecule has 0 spiro atoms. The lowest BCUT2D eigenvalue weighted by Gasteiger charge is -2.08. The van der Waals surface area contributed by atoms with Gasteiger partial charge in [0.25, 0.3) is 0 Å². The molecular formula is C15H14N2O3S. The van der Waals surface area contributed by atoms with Crippen molar-refractivity contribution in [2.45, 2.75) is 11.3 Å². The van der Waals surface area contributed by atoms with Gasteiger partial charge in [0, 0.05) is 6.54 Å². The van der Waals surface area contributed by atoms with Crippen LogP contribution in [0.15, 0.2) is 53.4 Å². The smallest absolute Gasteiger partial charge is 0.241 e. The van der Waals surface area contributed by atoms with Crippen molar-refractivity contribution in [3.8, 4) is 11.8 Å². The van der Waals surface area contributed by atoms with Crippen molar-refractivity contribution in [3.05, 3.63) is 59.7 Å². The molecule has 2 aromatic rings. The van der Waals surface area contributed by atoms with Crippen molar-refractivity contribution in [2.24, 2.45) is 0 Å². The topological polar surface area (TPSA) is 90.2 Å². The Morgan fingerprint density at radius 3 is 2.43 bits per heavy atom. The van der Waals surface area contributed by atoms with Gasteiger partial charge in [0.1, 0.15) is 11.8 Å². The summed E-state index contributed by atoms with van der Waals surface area (Å²) in [5.41, 5.74) is 1.03. The van der Waals surface area contributed by atoms with Crippen molar-refractivity contribution in [2.75, 3.05) is 6.54 Å². The van der Waals surface area contributed by atoms with E-state index in [0.29, 0.717) is 6.42 Å². The van der Waals surface area contributed by atoms with Crippen LogP contribution >= 0.6 is 0 Å². The zero-order chi connectivity index (χ0) is 15.3. The highest BCUT2D eigenvalue weighted by Gasteiger charge is 2.17. The van der Waals surface area contributed by atoms with Crippen LogP contribution in [0, 0.1) is 11.3 Å². The average Bonchev–Trinajstić information content (AvgIpc) is 2.49. The maximum Gasteiger partial charge on any atom is 0.241 e. The molecule has 0 bridgehead atoms. The van der Waals surface area contributed by atoms with Gasteiger partial charge < -0.3 is 5.11 Å². The third kappa shape index (κ3) is 3.81. The summed E-state index contributed by atoms with van der Waals surface area (Å²) in [7, 11) is -3.70. The first-order valence-electron chi connectivity index (χ1n) is 6.29. The highest BCUT2D eigenvalue weighted by molar-refractivity contribution is 7.89. The molecule has 21 heavy (non-hydrogen) atoms. The first-order chi connectivity index (χ1) is 10.0. The summed E-state index contributed by atoms with van der Waals surface area (Å²) in [6.07, 6.45) is 0.494. The lowest BCUT2D eigenvalue weighted by molar-refractivity contribution is 0.475. The molecule has 0 saturated heterocycles. The normalized spacial score (nSPS) is 11.0. The van der Waals surface area contributed by atoms with Crippen molar-refractivity contribution < 1.29 is 13.5 Å². The minimum Gasteiger partial charge on any atom is -0.508 e. The molecule has 0 unspecified atom stereocenters. The Kier molecular flexibility index (Phi) is 4.58. The number of nitrogens with one attached hydrogen (secondary N) is 1. The van der Waals surface area contributed by atoms with E-state index < -0.39 is 10.0 Å². The van der Waals surface area contributed by atoms with E-state index >= 15 is 0 Å². The number of aromatic hydroxyl groups is 1. The number of hydrogen-bond donors (Lipinski definition) is 2. The number of nitriles is 1. The second-order valence-electron chi connectivity index (χ2n) is 4.42. The second kappa shape index (κ2) is 6.39. The molecule has 2 aromatic carbocycles. The first kappa shape index (κ1) is 15.0. The third-order valence-corrected chi connectivity index (χ3v) is 4.46. The van der Waals surface area contributed by atoms with E-state index in [9.17, 15) is 13.5 Å². The van der Waals surface area contributed by atoms with Gasteiger partial charge in [-0.3, -0.25) is 0 Å². The second-order valence-corrected chi connectivity index (χ2v) is 6.16. The Hall–Kier alpha value is -2.36. The predicted molar refractivity (Wildman–Crippen MR) is 78.2 cm³/mol. The van der Waals surface area contributed by atoms with E-state index in [4.69, 9.17) is 5.26 Å². The van der Waals surface area contributed by atoms with E-state index in [1.165, 1.54) is 12.1 Å². The van der Waals surface area contributed by atoms with Gasteiger partial charge in [-0.1, -0.05) is 24.3 Å². The fourth-order valence-electron chi connectivity index (χ4n) is 1.86. The molecule has 108 valence electrons.